The van der Waals surface area contributed by atoms with Gasteiger partial charge in [0.1, 0.15) is 11.4 Å². The summed E-state index contributed by atoms with van der Waals surface area (Å²) in [6.45, 7) is 5.43. The van der Waals surface area contributed by atoms with Crippen LogP contribution in [0.5, 0.6) is 0 Å². The molecule has 0 saturated heterocycles. The number of benzene rings is 1. The molecule has 0 aliphatic heterocycles. The molecule has 2 aromatic heterocycles. The zero-order chi connectivity index (χ0) is 20.3. The number of carbonyl (C=O) groups excluding carboxylic acids is 2. The maximum Gasteiger partial charge on any atom is 0.338 e. The lowest BCUT2D eigenvalue weighted by molar-refractivity contribution is -0.116. The quantitative estimate of drug-likeness (QED) is 0.643. The van der Waals surface area contributed by atoms with Crippen molar-refractivity contribution in [3.05, 3.63) is 57.5 Å². The third-order valence-corrected chi connectivity index (χ3v) is 5.17. The van der Waals surface area contributed by atoms with Crippen molar-refractivity contribution in [3.63, 3.8) is 0 Å². The van der Waals surface area contributed by atoms with Crippen LogP contribution in [0.1, 0.15) is 36.0 Å². The molecule has 0 radical (unpaired) electrons. The Morgan fingerprint density at radius 2 is 1.96 bits per heavy atom. The molecule has 1 amide bonds. The zero-order valence-corrected chi connectivity index (χ0v) is 16.7. The summed E-state index contributed by atoms with van der Waals surface area (Å²) in [6.07, 6.45) is 2.03. The molecule has 0 bridgehead atoms. The first-order valence-electron chi connectivity index (χ1n) is 8.96. The van der Waals surface area contributed by atoms with E-state index in [0.717, 1.165) is 11.3 Å². The number of carbonyl (C=O) groups is 2. The van der Waals surface area contributed by atoms with Crippen molar-refractivity contribution < 1.29 is 14.3 Å². The Labute approximate surface area is 166 Å². The Hall–Kier alpha value is -3.00. The highest BCUT2D eigenvalue weighted by Gasteiger charge is 2.12. The third kappa shape index (κ3) is 4.45. The van der Waals surface area contributed by atoms with E-state index in [0.29, 0.717) is 21.5 Å². The standard InChI is InChI=1S/C20H21N3O4S/c1-4-15-9-16-18(28-15)21-11-23(19(16)25)10-17(24)22-14-7-5-13(6-8-14)20(26)27-12(2)3/h5-9,11-12H,4,10H2,1-3H3,(H,22,24). The van der Waals surface area contributed by atoms with Crippen molar-refractivity contribution in [2.75, 3.05) is 5.32 Å². The average molecular weight is 399 g/mol. The van der Waals surface area contributed by atoms with Crippen LogP contribution in [0.3, 0.4) is 0 Å². The maximum atomic E-state index is 12.6. The van der Waals surface area contributed by atoms with Crippen LogP contribution < -0.4 is 10.9 Å². The summed E-state index contributed by atoms with van der Waals surface area (Å²) >= 11 is 1.49. The Balaban J connectivity index is 1.69. The molecule has 3 rings (SSSR count). The molecule has 146 valence electrons. The van der Waals surface area contributed by atoms with E-state index in [2.05, 4.69) is 10.3 Å². The van der Waals surface area contributed by atoms with Gasteiger partial charge in [0.15, 0.2) is 0 Å². The van der Waals surface area contributed by atoms with Crippen LogP contribution in [-0.2, 0) is 22.5 Å². The first-order valence-corrected chi connectivity index (χ1v) is 9.77. The predicted octanol–water partition coefficient (Wildman–Crippen LogP) is 3.22. The number of ether oxygens (including phenoxy) is 1. The van der Waals surface area contributed by atoms with Crippen LogP contribution in [0.15, 0.2) is 41.5 Å². The molecule has 2 heterocycles. The number of anilines is 1. The normalized spacial score (nSPS) is 11.0. The fraction of sp³-hybridized carbons (Fsp3) is 0.300. The van der Waals surface area contributed by atoms with E-state index >= 15 is 0 Å². The molecular formula is C20H21N3O4S. The van der Waals surface area contributed by atoms with Gasteiger partial charge < -0.3 is 10.1 Å². The van der Waals surface area contributed by atoms with Gasteiger partial charge in [-0.15, -0.1) is 11.3 Å². The lowest BCUT2D eigenvalue weighted by Crippen LogP contribution is -2.27. The number of aromatic nitrogens is 2. The second-order valence-electron chi connectivity index (χ2n) is 6.54. The summed E-state index contributed by atoms with van der Waals surface area (Å²) in [5, 5.41) is 3.25. The summed E-state index contributed by atoms with van der Waals surface area (Å²) in [6, 6.07) is 8.23. The number of esters is 1. The molecule has 0 aliphatic carbocycles. The molecule has 8 heteroatoms. The monoisotopic (exact) mass is 399 g/mol. The smallest absolute Gasteiger partial charge is 0.338 e. The molecular weight excluding hydrogens is 378 g/mol. The molecule has 0 atom stereocenters. The number of rotatable bonds is 6. The molecule has 0 unspecified atom stereocenters. The molecule has 28 heavy (non-hydrogen) atoms. The topological polar surface area (TPSA) is 90.3 Å². The first kappa shape index (κ1) is 19.8. The molecule has 3 aromatic rings. The van der Waals surface area contributed by atoms with E-state index in [-0.39, 0.29) is 24.1 Å². The van der Waals surface area contributed by atoms with E-state index in [1.54, 1.807) is 38.1 Å². The van der Waals surface area contributed by atoms with Crippen LogP contribution in [-0.4, -0.2) is 27.5 Å². The predicted molar refractivity (Wildman–Crippen MR) is 109 cm³/mol. The van der Waals surface area contributed by atoms with E-state index in [1.165, 1.54) is 22.2 Å². The third-order valence-electron chi connectivity index (χ3n) is 3.98. The second-order valence-corrected chi connectivity index (χ2v) is 7.66. The van der Waals surface area contributed by atoms with Gasteiger partial charge >= 0.3 is 5.97 Å². The number of fused-ring (bicyclic) bond motifs is 1. The number of nitrogens with zero attached hydrogens (tertiary/aromatic N) is 2. The molecule has 0 saturated carbocycles. The highest BCUT2D eigenvalue weighted by Crippen LogP contribution is 2.21. The van der Waals surface area contributed by atoms with E-state index in [9.17, 15) is 14.4 Å². The maximum absolute atomic E-state index is 12.6. The Morgan fingerprint density at radius 3 is 2.61 bits per heavy atom. The summed E-state index contributed by atoms with van der Waals surface area (Å²) < 4.78 is 6.41. The van der Waals surface area contributed by atoms with E-state index < -0.39 is 5.97 Å². The SMILES string of the molecule is CCc1cc2c(=O)n(CC(=O)Nc3ccc(C(=O)OC(C)C)cc3)cnc2s1. The van der Waals surface area contributed by atoms with Gasteiger partial charge in [-0.25, -0.2) is 9.78 Å². The largest absolute Gasteiger partial charge is 0.459 e. The lowest BCUT2D eigenvalue weighted by Gasteiger charge is -2.09. The summed E-state index contributed by atoms with van der Waals surface area (Å²) in [4.78, 5) is 42.7. The zero-order valence-electron chi connectivity index (χ0n) is 15.9. The fourth-order valence-corrected chi connectivity index (χ4v) is 3.55. The minimum Gasteiger partial charge on any atom is -0.459 e. The lowest BCUT2D eigenvalue weighted by atomic mass is 10.2. The van der Waals surface area contributed by atoms with Crippen molar-refractivity contribution in [2.24, 2.45) is 0 Å². The number of thiophene rings is 1. The second kappa shape index (κ2) is 8.35. The van der Waals surface area contributed by atoms with E-state index in [4.69, 9.17) is 4.74 Å². The number of hydrogen-bond donors (Lipinski definition) is 1. The van der Waals surface area contributed by atoms with Crippen LogP contribution in [0.4, 0.5) is 5.69 Å². The van der Waals surface area contributed by atoms with Gasteiger partial charge in [-0.1, -0.05) is 6.92 Å². The van der Waals surface area contributed by atoms with Gasteiger partial charge in [-0.05, 0) is 50.6 Å². The Kier molecular flexibility index (Phi) is 5.89. The van der Waals surface area contributed by atoms with Gasteiger partial charge in [0.2, 0.25) is 5.91 Å². The van der Waals surface area contributed by atoms with Crippen molar-refractivity contribution >= 4 is 39.1 Å². The van der Waals surface area contributed by atoms with Crippen LogP contribution in [0.25, 0.3) is 10.2 Å². The first-order chi connectivity index (χ1) is 13.4. The fourth-order valence-electron chi connectivity index (χ4n) is 2.62. The highest BCUT2D eigenvalue weighted by molar-refractivity contribution is 7.18. The molecule has 0 fully saturated rings. The van der Waals surface area contributed by atoms with Crippen molar-refractivity contribution in [1.82, 2.24) is 9.55 Å². The van der Waals surface area contributed by atoms with Gasteiger partial charge in [-0.3, -0.25) is 14.2 Å². The molecule has 0 aliphatic rings. The molecule has 1 aromatic carbocycles. The summed E-state index contributed by atoms with van der Waals surface area (Å²) in [5.41, 5.74) is 0.696. The minimum absolute atomic E-state index is 0.143. The van der Waals surface area contributed by atoms with E-state index in [1.807, 2.05) is 13.0 Å². The van der Waals surface area contributed by atoms with Crippen LogP contribution >= 0.6 is 11.3 Å². The van der Waals surface area contributed by atoms with Crippen LogP contribution in [0, 0.1) is 0 Å². The summed E-state index contributed by atoms with van der Waals surface area (Å²) in [7, 11) is 0. The van der Waals surface area contributed by atoms with Gasteiger partial charge in [0.05, 0.1) is 23.4 Å². The Morgan fingerprint density at radius 1 is 1.25 bits per heavy atom. The summed E-state index contributed by atoms with van der Waals surface area (Å²) in [5.74, 6) is -0.771. The van der Waals surface area contributed by atoms with Gasteiger partial charge in [0, 0.05) is 10.6 Å². The molecule has 1 N–H and O–H groups in total. The number of aryl methyl sites for hydroxylation is 1. The van der Waals surface area contributed by atoms with Crippen molar-refractivity contribution in [2.45, 2.75) is 39.8 Å². The average Bonchev–Trinajstić information content (AvgIpc) is 3.08. The number of nitrogens with one attached hydrogen (secondary N) is 1. The Bertz CT molecular complexity index is 1070. The van der Waals surface area contributed by atoms with Crippen molar-refractivity contribution in [1.29, 1.82) is 0 Å². The number of hydrogen-bond acceptors (Lipinski definition) is 6. The van der Waals surface area contributed by atoms with Gasteiger partial charge in [-0.2, -0.15) is 0 Å². The molecule has 0 spiro atoms. The van der Waals surface area contributed by atoms with Crippen molar-refractivity contribution in [3.8, 4) is 0 Å². The highest BCUT2D eigenvalue weighted by atomic mass is 32.1. The van der Waals surface area contributed by atoms with Gasteiger partial charge in [0.25, 0.3) is 5.56 Å². The molecule has 7 nitrogen and oxygen atoms in total. The van der Waals surface area contributed by atoms with Crippen LogP contribution in [0.2, 0.25) is 0 Å². The number of amides is 1. The minimum atomic E-state index is -0.416.